The lowest BCUT2D eigenvalue weighted by Crippen LogP contribution is -1.97. The molecule has 0 saturated carbocycles. The van der Waals surface area contributed by atoms with Crippen LogP contribution < -0.4 is 5.73 Å². The minimum absolute atomic E-state index is 0.278. The van der Waals surface area contributed by atoms with E-state index >= 15 is 0 Å². The van der Waals surface area contributed by atoms with Gasteiger partial charge in [0.05, 0.1) is 5.56 Å². The Morgan fingerprint density at radius 1 is 1.30 bits per heavy atom. The molecular formula is C15H14BrNO2S. The second-order valence-electron chi connectivity index (χ2n) is 4.44. The number of carboxylic acid groups (broad SMARTS) is 1. The van der Waals surface area contributed by atoms with E-state index in [0.29, 0.717) is 0 Å². The van der Waals surface area contributed by atoms with Crippen molar-refractivity contribution in [1.29, 1.82) is 0 Å². The van der Waals surface area contributed by atoms with E-state index in [9.17, 15) is 4.79 Å². The molecule has 0 heterocycles. The highest BCUT2D eigenvalue weighted by Gasteiger charge is 2.08. The number of benzene rings is 2. The lowest BCUT2D eigenvalue weighted by Gasteiger charge is -2.08. The summed E-state index contributed by atoms with van der Waals surface area (Å²) in [4.78, 5) is 11.9. The number of nitrogen functional groups attached to an aromatic ring is 1. The fraction of sp³-hybridized carbons (Fsp3) is 0.133. The molecule has 0 unspecified atom stereocenters. The largest absolute Gasteiger partial charge is 0.478 e. The van der Waals surface area contributed by atoms with Crippen molar-refractivity contribution in [2.24, 2.45) is 0 Å². The molecule has 3 N–H and O–H groups in total. The van der Waals surface area contributed by atoms with Gasteiger partial charge in [-0.05, 0) is 42.3 Å². The second-order valence-corrected chi connectivity index (χ2v) is 6.31. The van der Waals surface area contributed by atoms with Gasteiger partial charge in [-0.15, -0.1) is 11.8 Å². The van der Waals surface area contributed by atoms with Gasteiger partial charge in [-0.1, -0.05) is 28.1 Å². The van der Waals surface area contributed by atoms with Crippen molar-refractivity contribution in [2.45, 2.75) is 17.6 Å². The monoisotopic (exact) mass is 351 g/mol. The molecule has 3 nitrogen and oxygen atoms in total. The van der Waals surface area contributed by atoms with E-state index < -0.39 is 5.97 Å². The van der Waals surface area contributed by atoms with Gasteiger partial charge in [0.25, 0.3) is 0 Å². The van der Waals surface area contributed by atoms with Gasteiger partial charge in [0.1, 0.15) is 0 Å². The van der Waals surface area contributed by atoms with E-state index in [1.807, 2.05) is 25.1 Å². The highest BCUT2D eigenvalue weighted by molar-refractivity contribution is 9.10. The van der Waals surface area contributed by atoms with Crippen molar-refractivity contribution in [3.05, 3.63) is 57.6 Å². The van der Waals surface area contributed by atoms with Crippen LogP contribution in [0, 0.1) is 6.92 Å². The third kappa shape index (κ3) is 3.55. The maximum absolute atomic E-state index is 10.9. The Labute approximate surface area is 130 Å². The summed E-state index contributed by atoms with van der Waals surface area (Å²) in [5.41, 5.74) is 9.20. The van der Waals surface area contributed by atoms with Crippen LogP contribution in [0.2, 0.25) is 0 Å². The Morgan fingerprint density at radius 2 is 2.05 bits per heavy atom. The van der Waals surface area contributed by atoms with Crippen LogP contribution >= 0.6 is 27.7 Å². The molecular weight excluding hydrogens is 338 g/mol. The molecule has 20 heavy (non-hydrogen) atoms. The molecule has 0 fully saturated rings. The predicted molar refractivity (Wildman–Crippen MR) is 86.3 cm³/mol. The first-order chi connectivity index (χ1) is 9.47. The normalized spacial score (nSPS) is 10.5. The standard InChI is InChI=1S/C15H14BrNO2S/c1-9-2-5-13(17)14(6-9)20-8-11-4-3-10(15(18)19)7-12(11)16/h2-7H,8,17H2,1H3,(H,18,19). The minimum Gasteiger partial charge on any atom is -0.478 e. The van der Waals surface area contributed by atoms with Gasteiger partial charge in [-0.2, -0.15) is 0 Å². The topological polar surface area (TPSA) is 63.3 Å². The van der Waals surface area contributed by atoms with Crippen LogP contribution in [0.3, 0.4) is 0 Å². The zero-order valence-corrected chi connectivity index (χ0v) is 13.3. The van der Waals surface area contributed by atoms with Gasteiger partial charge >= 0.3 is 5.97 Å². The zero-order chi connectivity index (χ0) is 14.7. The number of nitrogens with two attached hydrogens (primary N) is 1. The highest BCUT2D eigenvalue weighted by atomic mass is 79.9. The van der Waals surface area contributed by atoms with Crippen molar-refractivity contribution in [3.8, 4) is 0 Å². The average molecular weight is 352 g/mol. The van der Waals surface area contributed by atoms with E-state index in [2.05, 4.69) is 22.0 Å². The summed E-state index contributed by atoms with van der Waals surface area (Å²) in [7, 11) is 0. The SMILES string of the molecule is Cc1ccc(N)c(SCc2ccc(C(=O)O)cc2Br)c1. The summed E-state index contributed by atoms with van der Waals surface area (Å²) in [6.45, 7) is 2.03. The van der Waals surface area contributed by atoms with Crippen LogP contribution in [0.15, 0.2) is 45.8 Å². The van der Waals surface area contributed by atoms with E-state index in [-0.39, 0.29) is 5.56 Å². The first-order valence-electron chi connectivity index (χ1n) is 5.98. The van der Waals surface area contributed by atoms with Crippen molar-refractivity contribution >= 4 is 39.3 Å². The van der Waals surface area contributed by atoms with Crippen molar-refractivity contribution in [3.63, 3.8) is 0 Å². The van der Waals surface area contributed by atoms with Gasteiger partial charge in [0, 0.05) is 20.8 Å². The number of carboxylic acids is 1. The van der Waals surface area contributed by atoms with Crippen molar-refractivity contribution in [1.82, 2.24) is 0 Å². The lowest BCUT2D eigenvalue weighted by molar-refractivity contribution is 0.0697. The van der Waals surface area contributed by atoms with Crippen LogP contribution in [0.5, 0.6) is 0 Å². The summed E-state index contributed by atoms with van der Waals surface area (Å²) in [6.07, 6.45) is 0. The Balaban J connectivity index is 2.15. The maximum atomic E-state index is 10.9. The number of hydrogen-bond acceptors (Lipinski definition) is 3. The molecule has 2 rings (SSSR count). The lowest BCUT2D eigenvalue weighted by atomic mass is 10.1. The Bertz CT molecular complexity index is 658. The molecule has 0 amide bonds. The smallest absolute Gasteiger partial charge is 0.335 e. The molecule has 0 spiro atoms. The van der Waals surface area contributed by atoms with Gasteiger partial charge < -0.3 is 10.8 Å². The molecule has 0 radical (unpaired) electrons. The molecule has 0 aliphatic heterocycles. The average Bonchev–Trinajstić information content (AvgIpc) is 2.40. The molecule has 0 saturated heterocycles. The summed E-state index contributed by atoms with van der Waals surface area (Å²) in [5, 5.41) is 8.93. The van der Waals surface area contributed by atoms with Gasteiger partial charge in [-0.25, -0.2) is 4.79 Å². The van der Waals surface area contributed by atoms with Gasteiger partial charge in [-0.3, -0.25) is 0 Å². The fourth-order valence-corrected chi connectivity index (χ4v) is 3.49. The quantitative estimate of drug-likeness (QED) is 0.635. The third-order valence-electron chi connectivity index (χ3n) is 2.85. The predicted octanol–water partition coefficient (Wildman–Crippen LogP) is 4.33. The molecule has 0 aliphatic carbocycles. The van der Waals surface area contributed by atoms with Crippen LogP contribution in [0.1, 0.15) is 21.5 Å². The number of halogens is 1. The van der Waals surface area contributed by atoms with E-state index in [1.54, 1.807) is 23.9 Å². The third-order valence-corrected chi connectivity index (χ3v) is 4.71. The van der Waals surface area contributed by atoms with E-state index in [4.69, 9.17) is 10.8 Å². The van der Waals surface area contributed by atoms with Crippen LogP contribution in [0.25, 0.3) is 0 Å². The number of thioether (sulfide) groups is 1. The Kier molecular flexibility index (Phi) is 4.73. The molecule has 104 valence electrons. The zero-order valence-electron chi connectivity index (χ0n) is 10.9. The number of carbonyl (C=O) groups is 1. The molecule has 0 aromatic heterocycles. The van der Waals surface area contributed by atoms with Crippen LogP contribution in [-0.2, 0) is 5.75 Å². The van der Waals surface area contributed by atoms with Crippen LogP contribution in [-0.4, -0.2) is 11.1 Å². The van der Waals surface area contributed by atoms with Gasteiger partial charge in [0.2, 0.25) is 0 Å². The number of rotatable bonds is 4. The van der Waals surface area contributed by atoms with Crippen molar-refractivity contribution in [2.75, 3.05) is 5.73 Å². The van der Waals surface area contributed by atoms with Crippen LogP contribution in [0.4, 0.5) is 5.69 Å². The Hall–Kier alpha value is -1.46. The highest BCUT2D eigenvalue weighted by Crippen LogP contribution is 2.31. The summed E-state index contributed by atoms with van der Waals surface area (Å²) >= 11 is 5.05. The van der Waals surface area contributed by atoms with Crippen molar-refractivity contribution < 1.29 is 9.90 Å². The maximum Gasteiger partial charge on any atom is 0.335 e. The first kappa shape index (κ1) is 14.9. The van der Waals surface area contributed by atoms with Gasteiger partial charge in [0.15, 0.2) is 0 Å². The number of hydrogen-bond donors (Lipinski definition) is 2. The molecule has 2 aromatic rings. The Morgan fingerprint density at radius 3 is 2.70 bits per heavy atom. The fourth-order valence-electron chi connectivity index (χ4n) is 1.72. The summed E-state index contributed by atoms with van der Waals surface area (Å²) < 4.78 is 0.802. The number of aromatic carboxylic acids is 1. The number of anilines is 1. The summed E-state index contributed by atoms with van der Waals surface area (Å²) in [6, 6.07) is 11.0. The first-order valence-corrected chi connectivity index (χ1v) is 7.76. The molecule has 5 heteroatoms. The molecule has 0 bridgehead atoms. The van der Waals surface area contributed by atoms with E-state index in [0.717, 1.165) is 26.4 Å². The molecule has 0 atom stereocenters. The molecule has 0 aliphatic rings. The minimum atomic E-state index is -0.923. The number of aryl methyl sites for hydroxylation is 1. The second kappa shape index (κ2) is 6.33. The summed E-state index contributed by atoms with van der Waals surface area (Å²) in [5.74, 6) is -0.193. The van der Waals surface area contributed by atoms with E-state index in [1.165, 1.54) is 5.56 Å². The molecule has 2 aromatic carbocycles.